The fourth-order valence-electron chi connectivity index (χ4n) is 3.06. The number of imidazole rings is 1. The molecule has 25 heavy (non-hydrogen) atoms. The minimum atomic E-state index is -0.0202. The van der Waals surface area contributed by atoms with Crippen molar-refractivity contribution in [2.75, 3.05) is 6.61 Å². The molecule has 0 spiro atoms. The van der Waals surface area contributed by atoms with Gasteiger partial charge < -0.3 is 9.47 Å². The normalized spacial score (nSPS) is 16.7. The lowest BCUT2D eigenvalue weighted by molar-refractivity contribution is 0.144. The smallest absolute Gasteiger partial charge is 0.297 e. The third-order valence-corrected chi connectivity index (χ3v) is 4.98. The lowest BCUT2D eigenvalue weighted by atomic mass is 9.87. The summed E-state index contributed by atoms with van der Waals surface area (Å²) in [6.07, 6.45) is -0.0202. The highest BCUT2D eigenvalue weighted by Gasteiger charge is 2.27. The summed E-state index contributed by atoms with van der Waals surface area (Å²) in [5.74, 6) is 0.869. The van der Waals surface area contributed by atoms with Crippen LogP contribution in [-0.2, 0) is 12.0 Å². The van der Waals surface area contributed by atoms with Crippen LogP contribution in [0.25, 0.3) is 11.0 Å². The molecule has 130 valence electrons. The molecule has 4 rings (SSSR count). The maximum absolute atomic E-state index is 5.94. The highest BCUT2D eigenvalue weighted by atomic mass is 79.9. The summed E-state index contributed by atoms with van der Waals surface area (Å²) in [5.41, 5.74) is 3.49. The first-order valence-electron chi connectivity index (χ1n) is 8.46. The van der Waals surface area contributed by atoms with Crippen LogP contribution in [0.1, 0.15) is 26.3 Å². The van der Waals surface area contributed by atoms with E-state index in [0.717, 1.165) is 27.8 Å². The Kier molecular flexibility index (Phi) is 3.99. The zero-order valence-electron chi connectivity index (χ0n) is 14.6. The molecule has 0 amide bonds. The fourth-order valence-corrected chi connectivity index (χ4v) is 3.41. The molecule has 1 atom stereocenters. The van der Waals surface area contributed by atoms with Gasteiger partial charge in [-0.1, -0.05) is 48.8 Å². The molecule has 4 nitrogen and oxygen atoms in total. The van der Waals surface area contributed by atoms with E-state index in [9.17, 15) is 0 Å². The van der Waals surface area contributed by atoms with Gasteiger partial charge in [0.15, 0.2) is 6.10 Å². The van der Waals surface area contributed by atoms with Gasteiger partial charge >= 0.3 is 0 Å². The minimum absolute atomic E-state index is 0.0202. The second-order valence-electron chi connectivity index (χ2n) is 7.46. The van der Waals surface area contributed by atoms with Crippen molar-refractivity contribution < 1.29 is 9.47 Å². The van der Waals surface area contributed by atoms with Crippen molar-refractivity contribution in [2.24, 2.45) is 0 Å². The van der Waals surface area contributed by atoms with Crippen molar-refractivity contribution in [3.8, 4) is 11.8 Å². The van der Waals surface area contributed by atoms with Gasteiger partial charge in [-0.15, -0.1) is 0 Å². The summed E-state index contributed by atoms with van der Waals surface area (Å²) in [4.78, 5) is 4.54. The maximum atomic E-state index is 5.94. The monoisotopic (exact) mass is 400 g/mol. The number of hydrogen-bond donors (Lipinski definition) is 0. The molecule has 0 saturated heterocycles. The predicted molar refractivity (Wildman–Crippen MR) is 102 cm³/mol. The van der Waals surface area contributed by atoms with Gasteiger partial charge in [0.05, 0.1) is 17.6 Å². The van der Waals surface area contributed by atoms with Crippen LogP contribution < -0.4 is 9.47 Å². The number of nitrogens with zero attached hydrogens (tertiary/aromatic N) is 2. The number of halogens is 1. The standard InChI is InChI=1S/C20H21BrN2O2/c1-20(2,3)13-4-7-15(8-5-13)24-12-16-11-23-18-10-14(21)6-9-17(18)22-19(23)25-16/h4-10,16H,11-12H2,1-3H3/t16-/m0/s1. The lowest BCUT2D eigenvalue weighted by Gasteiger charge is -2.19. The first-order chi connectivity index (χ1) is 11.9. The summed E-state index contributed by atoms with van der Waals surface area (Å²) in [5, 5.41) is 0. The average Bonchev–Trinajstić information content (AvgIpc) is 3.10. The third kappa shape index (κ3) is 3.25. The van der Waals surface area contributed by atoms with Crippen LogP contribution in [0, 0.1) is 0 Å². The van der Waals surface area contributed by atoms with Gasteiger partial charge in [-0.2, -0.15) is 4.98 Å². The maximum Gasteiger partial charge on any atom is 0.297 e. The SMILES string of the molecule is CC(C)(C)c1ccc(OC[C@@H]2Cn3c(nc4ccc(Br)cc43)O2)cc1. The van der Waals surface area contributed by atoms with Crippen LogP contribution >= 0.6 is 15.9 Å². The Morgan fingerprint density at radius 2 is 1.96 bits per heavy atom. The molecule has 2 aromatic carbocycles. The van der Waals surface area contributed by atoms with E-state index in [-0.39, 0.29) is 11.5 Å². The molecule has 0 fully saturated rings. The Labute approximate surface area is 155 Å². The molecule has 0 bridgehead atoms. The van der Waals surface area contributed by atoms with Gasteiger partial charge in [-0.3, -0.25) is 4.57 Å². The van der Waals surface area contributed by atoms with Crippen molar-refractivity contribution >= 4 is 27.0 Å². The van der Waals surface area contributed by atoms with Crippen LogP contribution in [0.3, 0.4) is 0 Å². The summed E-state index contributed by atoms with van der Waals surface area (Å²) < 4.78 is 15.0. The van der Waals surface area contributed by atoms with E-state index in [0.29, 0.717) is 12.6 Å². The van der Waals surface area contributed by atoms with Crippen LogP contribution in [0.4, 0.5) is 0 Å². The number of hydrogen-bond acceptors (Lipinski definition) is 3. The quantitative estimate of drug-likeness (QED) is 0.624. The molecule has 0 N–H and O–H groups in total. The molecule has 2 heterocycles. The highest BCUT2D eigenvalue weighted by Crippen LogP contribution is 2.30. The van der Waals surface area contributed by atoms with Gasteiger partial charge in [0.25, 0.3) is 6.01 Å². The lowest BCUT2D eigenvalue weighted by Crippen LogP contribution is -2.23. The third-order valence-electron chi connectivity index (χ3n) is 4.49. The highest BCUT2D eigenvalue weighted by molar-refractivity contribution is 9.10. The largest absolute Gasteiger partial charge is 0.490 e. The number of ether oxygens (including phenoxy) is 2. The molecule has 0 radical (unpaired) electrons. The topological polar surface area (TPSA) is 36.3 Å². The zero-order chi connectivity index (χ0) is 17.6. The number of benzene rings is 2. The van der Waals surface area contributed by atoms with E-state index in [4.69, 9.17) is 9.47 Å². The molecule has 0 aliphatic carbocycles. The van der Waals surface area contributed by atoms with Crippen LogP contribution in [0.5, 0.6) is 11.8 Å². The van der Waals surface area contributed by atoms with E-state index in [1.807, 2.05) is 24.3 Å². The Balaban J connectivity index is 1.42. The molecular weight excluding hydrogens is 380 g/mol. The zero-order valence-corrected chi connectivity index (χ0v) is 16.2. The van der Waals surface area contributed by atoms with Crippen molar-refractivity contribution in [3.63, 3.8) is 0 Å². The second kappa shape index (κ2) is 6.06. The molecule has 0 unspecified atom stereocenters. The van der Waals surface area contributed by atoms with E-state index < -0.39 is 0 Å². The molecule has 3 aromatic rings. The second-order valence-corrected chi connectivity index (χ2v) is 8.38. The number of rotatable bonds is 3. The van der Waals surface area contributed by atoms with E-state index in [1.54, 1.807) is 0 Å². The Morgan fingerprint density at radius 3 is 2.68 bits per heavy atom. The van der Waals surface area contributed by atoms with Gasteiger partial charge in [0, 0.05) is 4.47 Å². The van der Waals surface area contributed by atoms with E-state index in [2.05, 4.69) is 64.5 Å². The molecular formula is C20H21BrN2O2. The fraction of sp³-hybridized carbons (Fsp3) is 0.350. The summed E-state index contributed by atoms with van der Waals surface area (Å²) in [7, 11) is 0. The van der Waals surface area contributed by atoms with Crippen molar-refractivity contribution in [2.45, 2.75) is 38.8 Å². The minimum Gasteiger partial charge on any atom is -0.490 e. The van der Waals surface area contributed by atoms with Gasteiger partial charge in [-0.25, -0.2) is 0 Å². The predicted octanol–water partition coefficient (Wildman–Crippen LogP) is 4.94. The Hall–Kier alpha value is -2.01. The van der Waals surface area contributed by atoms with Gasteiger partial charge in [0.1, 0.15) is 12.4 Å². The first-order valence-corrected chi connectivity index (χ1v) is 9.25. The summed E-state index contributed by atoms with van der Waals surface area (Å²) in [6, 6.07) is 15.0. The van der Waals surface area contributed by atoms with Crippen LogP contribution in [0.15, 0.2) is 46.9 Å². The summed E-state index contributed by atoms with van der Waals surface area (Å²) >= 11 is 3.51. The molecule has 0 saturated carbocycles. The van der Waals surface area contributed by atoms with Crippen molar-refractivity contribution in [3.05, 3.63) is 52.5 Å². The molecule has 1 aliphatic rings. The number of fused-ring (bicyclic) bond motifs is 3. The van der Waals surface area contributed by atoms with E-state index >= 15 is 0 Å². The van der Waals surface area contributed by atoms with Crippen molar-refractivity contribution in [1.82, 2.24) is 9.55 Å². The van der Waals surface area contributed by atoms with Gasteiger partial charge in [-0.05, 0) is 41.3 Å². The number of aromatic nitrogens is 2. The molecule has 5 heteroatoms. The Morgan fingerprint density at radius 1 is 1.20 bits per heavy atom. The first kappa shape index (κ1) is 16.5. The van der Waals surface area contributed by atoms with E-state index in [1.165, 1.54) is 5.56 Å². The summed E-state index contributed by atoms with van der Waals surface area (Å²) in [6.45, 7) is 7.88. The Bertz CT molecular complexity index is 910. The van der Waals surface area contributed by atoms with Crippen LogP contribution in [0.2, 0.25) is 0 Å². The van der Waals surface area contributed by atoms with Crippen LogP contribution in [-0.4, -0.2) is 22.3 Å². The average molecular weight is 401 g/mol. The molecule has 1 aliphatic heterocycles. The molecule has 1 aromatic heterocycles. The van der Waals surface area contributed by atoms with Crippen molar-refractivity contribution in [1.29, 1.82) is 0 Å². The van der Waals surface area contributed by atoms with Gasteiger partial charge in [0.2, 0.25) is 0 Å².